The first-order valence-electron chi connectivity index (χ1n) is 11.3. The Hall–Kier alpha value is -0.0744. The van der Waals surface area contributed by atoms with Crippen LogP contribution >= 0.6 is 0 Å². The van der Waals surface area contributed by atoms with Crippen LogP contribution in [-0.4, -0.2) is 52.7 Å². The van der Waals surface area contributed by atoms with E-state index < -0.39 is 26.5 Å². The number of ether oxygens (including phenoxy) is 2. The average molecular weight is 517 g/mol. The molecule has 0 spiro atoms. The van der Waals surface area contributed by atoms with Crippen molar-refractivity contribution in [2.75, 3.05) is 20.3 Å². The van der Waals surface area contributed by atoms with Gasteiger partial charge in [0.05, 0.1) is 0 Å². The second-order valence-corrected chi connectivity index (χ2v) is 27.5. The summed E-state index contributed by atoms with van der Waals surface area (Å²) in [6, 6.07) is 0. The summed E-state index contributed by atoms with van der Waals surface area (Å²) in [6.45, 7) is 15.6. The Morgan fingerprint density at radius 1 is 0.929 bits per heavy atom. The van der Waals surface area contributed by atoms with Gasteiger partial charge < -0.3 is 0 Å². The van der Waals surface area contributed by atoms with E-state index in [2.05, 4.69) is 50.8 Å². The van der Waals surface area contributed by atoms with E-state index in [0.29, 0.717) is 6.61 Å². The van der Waals surface area contributed by atoms with Crippen LogP contribution in [0.4, 0.5) is 0 Å². The van der Waals surface area contributed by atoms with Crippen molar-refractivity contribution in [3.05, 3.63) is 21.4 Å². The molecule has 0 atom stereocenters. The number of hydrogen-bond acceptors (Lipinski definition) is 3. The Morgan fingerprint density at radius 3 is 1.82 bits per heavy atom. The first kappa shape index (κ1) is 27.9. The Bertz CT molecular complexity index is 459. The second kappa shape index (κ2) is 15.7. The molecule has 0 heterocycles. The van der Waals surface area contributed by atoms with Crippen LogP contribution in [-0.2, 0) is 14.3 Å². The van der Waals surface area contributed by atoms with Crippen LogP contribution < -0.4 is 0 Å². The molecule has 0 saturated carbocycles. The van der Waals surface area contributed by atoms with Crippen molar-refractivity contribution >= 4 is 32.4 Å². The molecule has 0 unspecified atom stereocenters. The van der Waals surface area contributed by atoms with Crippen LogP contribution in [0.3, 0.4) is 0 Å². The van der Waals surface area contributed by atoms with E-state index in [-0.39, 0.29) is 5.97 Å². The summed E-state index contributed by atoms with van der Waals surface area (Å²) >= 11 is -2.45. The molecule has 0 saturated heterocycles. The number of hydrogen-bond donors (Lipinski definition) is 0. The van der Waals surface area contributed by atoms with E-state index in [9.17, 15) is 4.79 Å². The number of carbonyl (C=O) groups is 1. The van der Waals surface area contributed by atoms with E-state index in [0.717, 1.165) is 6.61 Å². The third kappa shape index (κ3) is 12.5. The normalized spacial score (nSPS) is 13.3. The zero-order chi connectivity index (χ0) is 21.5. The SMILES string of the molecule is CCC[CH2][Sn]([CH2]CCC)([CH2]CCC)/[C](=C\[Si](C)(C)C)COC/C=C/C(=O)OC. The van der Waals surface area contributed by atoms with Crippen LogP contribution in [0, 0.1) is 0 Å². The van der Waals surface area contributed by atoms with Gasteiger partial charge in [0.2, 0.25) is 0 Å². The number of rotatable bonds is 16. The number of unbranched alkanes of at least 4 members (excludes halogenated alkanes) is 3. The summed E-state index contributed by atoms with van der Waals surface area (Å²) in [5.41, 5.74) is 2.69. The molecule has 0 bridgehead atoms. The second-order valence-electron chi connectivity index (χ2n) is 9.07. The summed E-state index contributed by atoms with van der Waals surface area (Å²) in [5.74, 6) is -0.316. The van der Waals surface area contributed by atoms with E-state index in [1.165, 1.54) is 65.0 Å². The van der Waals surface area contributed by atoms with Gasteiger partial charge in [-0.1, -0.05) is 0 Å². The zero-order valence-electron chi connectivity index (χ0n) is 19.7. The number of methoxy groups -OCH3 is 1. The molecule has 0 rings (SSSR count). The average Bonchev–Trinajstić information content (AvgIpc) is 2.65. The minimum absolute atomic E-state index is 0.316. The quantitative estimate of drug-likeness (QED) is 0.0965. The Kier molecular flexibility index (Phi) is 15.7. The first-order valence-corrected chi connectivity index (χ1v) is 22.3. The topological polar surface area (TPSA) is 35.5 Å². The number of esters is 1. The molecule has 3 nitrogen and oxygen atoms in total. The van der Waals surface area contributed by atoms with Gasteiger partial charge >= 0.3 is 181 Å². The summed E-state index contributed by atoms with van der Waals surface area (Å²) in [4.78, 5) is 11.3. The van der Waals surface area contributed by atoms with Gasteiger partial charge in [0.25, 0.3) is 0 Å². The fourth-order valence-corrected chi connectivity index (χ4v) is 26.4. The van der Waals surface area contributed by atoms with Gasteiger partial charge in [-0.05, 0) is 0 Å². The van der Waals surface area contributed by atoms with Crippen molar-refractivity contribution in [1.29, 1.82) is 0 Å². The van der Waals surface area contributed by atoms with Crippen molar-refractivity contribution in [3.63, 3.8) is 0 Å². The van der Waals surface area contributed by atoms with Crippen LogP contribution in [0.2, 0.25) is 33.0 Å². The summed E-state index contributed by atoms with van der Waals surface area (Å²) in [6.07, 6.45) is 11.2. The predicted octanol–water partition coefficient (Wildman–Crippen LogP) is 6.92. The molecule has 0 aliphatic heterocycles. The Morgan fingerprint density at radius 2 is 1.43 bits per heavy atom. The van der Waals surface area contributed by atoms with Crippen molar-refractivity contribution in [3.8, 4) is 0 Å². The fraction of sp³-hybridized carbons (Fsp3) is 0.783. The summed E-state index contributed by atoms with van der Waals surface area (Å²) in [7, 11) is 0.0816. The molecular weight excluding hydrogens is 471 g/mol. The van der Waals surface area contributed by atoms with Crippen LogP contribution in [0.25, 0.3) is 0 Å². The van der Waals surface area contributed by atoms with E-state index >= 15 is 0 Å². The molecule has 0 aromatic carbocycles. The minimum atomic E-state index is -2.45. The van der Waals surface area contributed by atoms with Gasteiger partial charge in [-0.3, -0.25) is 0 Å². The molecule has 0 aliphatic rings. The Labute approximate surface area is 180 Å². The van der Waals surface area contributed by atoms with Crippen molar-refractivity contribution in [2.24, 2.45) is 0 Å². The monoisotopic (exact) mass is 518 g/mol. The van der Waals surface area contributed by atoms with Crippen molar-refractivity contribution in [2.45, 2.75) is 92.2 Å². The summed E-state index contributed by atoms with van der Waals surface area (Å²) < 4.78 is 16.9. The maximum absolute atomic E-state index is 11.3. The molecule has 0 radical (unpaired) electrons. The van der Waals surface area contributed by atoms with Gasteiger partial charge in [0.15, 0.2) is 0 Å². The van der Waals surface area contributed by atoms with E-state index in [1.807, 2.05) is 0 Å². The summed E-state index contributed by atoms with van der Waals surface area (Å²) in [5, 5.41) is 0. The third-order valence-electron chi connectivity index (χ3n) is 5.24. The molecule has 164 valence electrons. The van der Waals surface area contributed by atoms with Gasteiger partial charge in [-0.2, -0.15) is 0 Å². The molecule has 28 heavy (non-hydrogen) atoms. The van der Waals surface area contributed by atoms with Crippen LogP contribution in [0.1, 0.15) is 59.3 Å². The molecular formula is C23H46O3SiSn. The van der Waals surface area contributed by atoms with E-state index in [1.54, 1.807) is 9.67 Å². The zero-order valence-corrected chi connectivity index (χ0v) is 23.6. The molecule has 0 fully saturated rings. The predicted molar refractivity (Wildman–Crippen MR) is 128 cm³/mol. The fourth-order valence-electron chi connectivity index (χ4n) is 3.72. The first-order chi connectivity index (χ1) is 13.2. The molecule has 5 heteroatoms. The standard InChI is InChI=1S/C11H19O3Si.3C4H9.Sn/c1-13-11(12)7-5-8-14-9-6-10-15(2,3)4;3*1-3-4-2;/h5,7,10H,8-9H2,1-4H3;3*1,3-4H2,2H3;/b7-5+,10-6?;;;;. The number of carbonyl (C=O) groups excluding carboxylic acids is 1. The van der Waals surface area contributed by atoms with Gasteiger partial charge in [0, 0.05) is 0 Å². The molecule has 0 aromatic rings. The van der Waals surface area contributed by atoms with Crippen LogP contribution in [0.15, 0.2) is 21.4 Å². The third-order valence-corrected chi connectivity index (χ3v) is 23.2. The molecule has 0 aliphatic carbocycles. The van der Waals surface area contributed by atoms with Crippen molar-refractivity contribution < 1.29 is 14.3 Å². The van der Waals surface area contributed by atoms with Crippen molar-refractivity contribution in [1.82, 2.24) is 0 Å². The molecule has 0 amide bonds. The van der Waals surface area contributed by atoms with E-state index in [4.69, 9.17) is 4.74 Å². The van der Waals surface area contributed by atoms with Gasteiger partial charge in [0.1, 0.15) is 0 Å². The van der Waals surface area contributed by atoms with Gasteiger partial charge in [-0.25, -0.2) is 0 Å². The maximum atomic E-state index is 11.3. The van der Waals surface area contributed by atoms with Crippen LogP contribution in [0.5, 0.6) is 0 Å². The Balaban J connectivity index is 5.58. The van der Waals surface area contributed by atoms with Gasteiger partial charge in [-0.15, -0.1) is 0 Å². The molecule has 0 N–H and O–H groups in total. The molecule has 0 aromatic heterocycles.